The zero-order valence-corrected chi connectivity index (χ0v) is 14.1. The minimum Gasteiger partial charge on any atom is -0.480 e. The Kier molecular flexibility index (Phi) is 7.31. The van der Waals surface area contributed by atoms with Gasteiger partial charge in [-0.3, -0.25) is 4.79 Å². The number of amides is 2. The second-order valence-corrected chi connectivity index (χ2v) is 6.68. The van der Waals surface area contributed by atoms with E-state index in [2.05, 4.69) is 5.32 Å². The van der Waals surface area contributed by atoms with Gasteiger partial charge in [-0.25, -0.2) is 14.5 Å². The molecule has 22 heavy (non-hydrogen) atoms. The monoisotopic (exact) mass is 318 g/mol. The second kappa shape index (κ2) is 7.98. The molecule has 0 aromatic rings. The molecule has 0 rings (SSSR count). The second-order valence-electron chi connectivity index (χ2n) is 6.68. The number of imide groups is 1. The lowest BCUT2D eigenvalue weighted by Gasteiger charge is -2.28. The molecule has 0 aromatic carbocycles. The van der Waals surface area contributed by atoms with Crippen molar-refractivity contribution in [3.8, 4) is 0 Å². The Balaban J connectivity index is 4.79. The summed E-state index contributed by atoms with van der Waals surface area (Å²) in [6.07, 6.45) is -1.67. The predicted molar refractivity (Wildman–Crippen MR) is 79.7 cm³/mol. The van der Waals surface area contributed by atoms with Crippen LogP contribution in [0.3, 0.4) is 0 Å². The van der Waals surface area contributed by atoms with Crippen molar-refractivity contribution in [2.45, 2.75) is 52.7 Å². The smallest absolute Gasteiger partial charge is 0.419 e. The van der Waals surface area contributed by atoms with Gasteiger partial charge in [0.25, 0.3) is 0 Å². The lowest BCUT2D eigenvalue weighted by molar-refractivity contribution is -0.135. The van der Waals surface area contributed by atoms with Crippen LogP contribution in [0.2, 0.25) is 0 Å². The van der Waals surface area contributed by atoms with Crippen molar-refractivity contribution in [3.63, 3.8) is 0 Å². The fourth-order valence-corrected chi connectivity index (χ4v) is 1.28. The molecule has 0 saturated carbocycles. The van der Waals surface area contributed by atoms with Crippen LogP contribution in [0.15, 0.2) is 0 Å². The maximum atomic E-state index is 12.1. The average molecular weight is 318 g/mol. The van der Waals surface area contributed by atoms with E-state index >= 15 is 0 Å². The van der Waals surface area contributed by atoms with E-state index in [1.165, 1.54) is 0 Å². The first kappa shape index (κ1) is 20.2. The largest absolute Gasteiger partial charge is 0.480 e. The Hall–Kier alpha value is -1.83. The third-order valence-corrected chi connectivity index (χ3v) is 2.02. The molecular weight excluding hydrogens is 292 g/mol. The molecule has 8 nitrogen and oxygen atoms in total. The molecule has 0 radical (unpaired) electrons. The maximum Gasteiger partial charge on any atom is 0.419 e. The summed E-state index contributed by atoms with van der Waals surface area (Å²) in [4.78, 5) is 35.4. The maximum absolute atomic E-state index is 12.1. The van der Waals surface area contributed by atoms with Crippen LogP contribution in [-0.4, -0.2) is 59.0 Å². The normalized spacial score (nSPS) is 11.7. The van der Waals surface area contributed by atoms with Crippen molar-refractivity contribution < 1.29 is 29.0 Å². The Labute approximate surface area is 130 Å². The highest BCUT2D eigenvalue weighted by molar-refractivity contribution is 5.88. The first-order valence-corrected chi connectivity index (χ1v) is 6.98. The molecule has 0 spiro atoms. The van der Waals surface area contributed by atoms with Crippen molar-refractivity contribution in [1.82, 2.24) is 10.2 Å². The summed E-state index contributed by atoms with van der Waals surface area (Å²) < 4.78 is 10.3. The number of hydrogen-bond acceptors (Lipinski definition) is 6. The first-order valence-electron chi connectivity index (χ1n) is 6.98. The third kappa shape index (κ3) is 9.98. The zero-order chi connectivity index (χ0) is 17.6. The fraction of sp³-hybridized carbons (Fsp3) is 0.786. The highest BCUT2D eigenvalue weighted by Crippen LogP contribution is 2.14. The zero-order valence-electron chi connectivity index (χ0n) is 14.1. The lowest BCUT2D eigenvalue weighted by atomic mass is 10.2. The van der Waals surface area contributed by atoms with E-state index in [4.69, 9.17) is 14.6 Å². The van der Waals surface area contributed by atoms with Crippen molar-refractivity contribution in [1.29, 1.82) is 0 Å². The highest BCUT2D eigenvalue weighted by Gasteiger charge is 2.30. The number of carboxylic acids is 1. The number of aliphatic carboxylic acids is 1. The van der Waals surface area contributed by atoms with Crippen LogP contribution < -0.4 is 5.32 Å². The van der Waals surface area contributed by atoms with Crippen LogP contribution in [-0.2, 0) is 14.3 Å². The van der Waals surface area contributed by atoms with Crippen molar-refractivity contribution in [2.75, 3.05) is 19.6 Å². The average Bonchev–Trinajstić information content (AvgIpc) is 2.22. The molecule has 0 bridgehead atoms. The molecule has 0 heterocycles. The van der Waals surface area contributed by atoms with Crippen LogP contribution in [0.5, 0.6) is 0 Å². The van der Waals surface area contributed by atoms with E-state index in [0.29, 0.717) is 0 Å². The van der Waals surface area contributed by atoms with Gasteiger partial charge in [0.15, 0.2) is 0 Å². The first-order chi connectivity index (χ1) is 9.82. The van der Waals surface area contributed by atoms with Crippen molar-refractivity contribution >= 4 is 18.2 Å². The van der Waals surface area contributed by atoms with E-state index in [1.54, 1.807) is 41.5 Å². The number of nitrogens with one attached hydrogen (secondary N) is 1. The molecule has 0 aliphatic rings. The van der Waals surface area contributed by atoms with Crippen molar-refractivity contribution in [3.05, 3.63) is 0 Å². The molecule has 0 aromatic heterocycles. The van der Waals surface area contributed by atoms with Crippen LogP contribution in [0.1, 0.15) is 41.5 Å². The van der Waals surface area contributed by atoms with Gasteiger partial charge in [-0.1, -0.05) is 0 Å². The Morgan fingerprint density at radius 2 is 1.36 bits per heavy atom. The minimum atomic E-state index is -1.03. The summed E-state index contributed by atoms with van der Waals surface area (Å²) in [6.45, 7) is 9.88. The third-order valence-electron chi connectivity index (χ3n) is 2.02. The van der Waals surface area contributed by atoms with Crippen molar-refractivity contribution in [2.24, 2.45) is 0 Å². The molecule has 0 saturated heterocycles. The number of ether oxygens (including phenoxy) is 2. The Morgan fingerprint density at radius 1 is 0.955 bits per heavy atom. The molecule has 0 unspecified atom stereocenters. The molecule has 128 valence electrons. The molecule has 0 aliphatic carbocycles. The van der Waals surface area contributed by atoms with Gasteiger partial charge in [0.1, 0.15) is 11.2 Å². The van der Waals surface area contributed by atoms with Gasteiger partial charge in [-0.2, -0.15) is 0 Å². The van der Waals surface area contributed by atoms with Gasteiger partial charge in [-0.05, 0) is 41.5 Å². The van der Waals surface area contributed by atoms with Crippen LogP contribution in [0.4, 0.5) is 9.59 Å². The van der Waals surface area contributed by atoms with Gasteiger partial charge in [-0.15, -0.1) is 0 Å². The summed E-state index contributed by atoms with van der Waals surface area (Å²) in [5, 5.41) is 11.1. The highest BCUT2D eigenvalue weighted by atomic mass is 16.6. The van der Waals surface area contributed by atoms with E-state index in [0.717, 1.165) is 4.90 Å². The Bertz CT molecular complexity index is 381. The molecule has 8 heteroatoms. The van der Waals surface area contributed by atoms with E-state index < -0.39 is 29.4 Å². The predicted octanol–water partition coefficient (Wildman–Crippen LogP) is 1.83. The number of carbonyl (C=O) groups is 3. The fourth-order valence-electron chi connectivity index (χ4n) is 1.28. The topological polar surface area (TPSA) is 105 Å². The Morgan fingerprint density at radius 3 is 1.68 bits per heavy atom. The summed E-state index contributed by atoms with van der Waals surface area (Å²) in [5.41, 5.74) is -1.52. The van der Waals surface area contributed by atoms with Gasteiger partial charge in [0.2, 0.25) is 0 Å². The van der Waals surface area contributed by atoms with E-state index in [9.17, 15) is 14.4 Å². The summed E-state index contributed by atoms with van der Waals surface area (Å²) in [7, 11) is 0. The molecule has 2 amide bonds. The number of carbonyl (C=O) groups excluding carboxylic acids is 2. The summed E-state index contributed by atoms with van der Waals surface area (Å²) in [5.74, 6) is -1.03. The lowest BCUT2D eigenvalue weighted by Crippen LogP contribution is -2.46. The van der Waals surface area contributed by atoms with Crippen LogP contribution in [0.25, 0.3) is 0 Å². The number of rotatable bonds is 5. The molecular formula is C14H26N2O6. The van der Waals surface area contributed by atoms with E-state index in [1.807, 2.05) is 0 Å². The van der Waals surface area contributed by atoms with Crippen LogP contribution in [0, 0.1) is 0 Å². The van der Waals surface area contributed by atoms with Gasteiger partial charge in [0.05, 0.1) is 6.54 Å². The SMILES string of the molecule is CC(C)(C)OC(=O)N(CCNCC(=O)O)C(=O)OC(C)(C)C. The van der Waals surface area contributed by atoms with Gasteiger partial charge in [0, 0.05) is 13.1 Å². The number of hydrogen-bond donors (Lipinski definition) is 2. The molecule has 0 fully saturated rings. The van der Waals surface area contributed by atoms with Gasteiger partial charge >= 0.3 is 18.2 Å². The summed E-state index contributed by atoms with van der Waals surface area (Å²) in [6, 6.07) is 0. The molecule has 0 aliphatic heterocycles. The van der Waals surface area contributed by atoms with Gasteiger partial charge < -0.3 is 19.9 Å². The van der Waals surface area contributed by atoms with E-state index in [-0.39, 0.29) is 19.6 Å². The number of nitrogens with zero attached hydrogens (tertiary/aromatic N) is 1. The number of carboxylic acid groups (broad SMARTS) is 1. The quantitative estimate of drug-likeness (QED) is 0.745. The molecule has 2 N–H and O–H groups in total. The molecule has 0 atom stereocenters. The minimum absolute atomic E-state index is 0.0584. The standard InChI is InChI=1S/C14H26N2O6/c1-13(2,3)21-11(19)16(8-7-15-9-10(17)18)12(20)22-14(4,5)6/h15H,7-9H2,1-6H3,(H,17,18). The van der Waals surface area contributed by atoms with Crippen LogP contribution >= 0.6 is 0 Å². The summed E-state index contributed by atoms with van der Waals surface area (Å²) >= 11 is 0.